The molecule has 0 fully saturated rings. The first kappa shape index (κ1) is 19.7. The van der Waals surface area contributed by atoms with E-state index in [1.807, 2.05) is 60.3 Å². The molecule has 0 aliphatic heterocycles. The molecule has 0 saturated carbocycles. The summed E-state index contributed by atoms with van der Waals surface area (Å²) in [6.45, 7) is 4.17. The van der Waals surface area contributed by atoms with Gasteiger partial charge in [0.15, 0.2) is 0 Å². The topological polar surface area (TPSA) is 56.1 Å². The average molecular weight is 377 g/mol. The van der Waals surface area contributed by atoms with E-state index in [0.717, 1.165) is 22.7 Å². The molecule has 1 N–H and O–H groups in total. The number of aryl methyl sites for hydroxylation is 1. The summed E-state index contributed by atoms with van der Waals surface area (Å²) < 4.78 is 7.44. The molecule has 0 aliphatic rings. The van der Waals surface area contributed by atoms with Gasteiger partial charge in [0.25, 0.3) is 0 Å². The second kappa shape index (κ2) is 8.30. The first-order chi connectivity index (χ1) is 13.4. The third-order valence-electron chi connectivity index (χ3n) is 5.03. The molecule has 3 rings (SSSR count). The number of aromatic nitrogens is 2. The number of carbonyl (C=O) groups excluding carboxylic acids is 1. The number of nitrogens with one attached hydrogen (secondary N) is 1. The van der Waals surface area contributed by atoms with Crippen LogP contribution in [0.3, 0.4) is 0 Å². The van der Waals surface area contributed by atoms with Crippen molar-refractivity contribution in [2.45, 2.75) is 31.7 Å². The van der Waals surface area contributed by atoms with Gasteiger partial charge in [0.2, 0.25) is 5.91 Å². The third-order valence-corrected chi connectivity index (χ3v) is 5.03. The summed E-state index contributed by atoms with van der Waals surface area (Å²) in [5, 5.41) is 3.17. The Morgan fingerprint density at radius 3 is 2.46 bits per heavy atom. The molecule has 1 aromatic heterocycles. The Labute approximate surface area is 166 Å². The Balaban J connectivity index is 1.88. The summed E-state index contributed by atoms with van der Waals surface area (Å²) in [5.41, 5.74) is 1.74. The van der Waals surface area contributed by atoms with Gasteiger partial charge in [-0.3, -0.25) is 4.79 Å². The Hall–Kier alpha value is -3.08. The van der Waals surface area contributed by atoms with Crippen molar-refractivity contribution in [1.29, 1.82) is 0 Å². The third kappa shape index (κ3) is 4.25. The summed E-state index contributed by atoms with van der Waals surface area (Å²) in [7, 11) is 3.56. The molecule has 0 saturated heterocycles. The number of carbonyl (C=O) groups is 1. The molecule has 3 aromatic rings. The first-order valence-electron chi connectivity index (χ1n) is 9.37. The van der Waals surface area contributed by atoms with Crippen LogP contribution in [0.5, 0.6) is 5.75 Å². The molecule has 1 amide bonds. The zero-order chi connectivity index (χ0) is 20.1. The van der Waals surface area contributed by atoms with E-state index in [0.29, 0.717) is 6.42 Å². The molecule has 1 atom stereocenters. The molecular formula is C23H27N3O2. The number of para-hydroxylation sites is 1. The predicted octanol–water partition coefficient (Wildman–Crippen LogP) is 4.00. The van der Waals surface area contributed by atoms with E-state index >= 15 is 0 Å². The molecule has 1 unspecified atom stereocenters. The lowest BCUT2D eigenvalue weighted by Crippen LogP contribution is -2.35. The number of ether oxygens (including phenoxy) is 1. The van der Waals surface area contributed by atoms with Gasteiger partial charge in [-0.25, -0.2) is 4.98 Å². The van der Waals surface area contributed by atoms with Gasteiger partial charge in [0, 0.05) is 31.4 Å². The molecule has 28 heavy (non-hydrogen) atoms. The predicted molar refractivity (Wildman–Crippen MR) is 110 cm³/mol. The highest BCUT2D eigenvalue weighted by Crippen LogP contribution is 2.31. The highest BCUT2D eigenvalue weighted by molar-refractivity contribution is 5.78. The van der Waals surface area contributed by atoms with Gasteiger partial charge in [-0.05, 0) is 17.0 Å². The maximum Gasteiger partial charge on any atom is 0.221 e. The van der Waals surface area contributed by atoms with Gasteiger partial charge in [-0.15, -0.1) is 0 Å². The Morgan fingerprint density at radius 2 is 1.82 bits per heavy atom. The normalized spacial score (nSPS) is 12.4. The second-order valence-electron chi connectivity index (χ2n) is 7.57. The minimum Gasteiger partial charge on any atom is -0.496 e. The van der Waals surface area contributed by atoms with Crippen LogP contribution in [0.25, 0.3) is 0 Å². The van der Waals surface area contributed by atoms with Crippen LogP contribution in [-0.4, -0.2) is 22.6 Å². The number of methoxy groups -OCH3 is 1. The molecule has 5 heteroatoms. The molecule has 146 valence electrons. The fraction of sp³-hybridized carbons (Fsp3) is 0.304. The van der Waals surface area contributed by atoms with Gasteiger partial charge in [0.1, 0.15) is 17.6 Å². The number of hydrogen-bond donors (Lipinski definition) is 1. The van der Waals surface area contributed by atoms with Crippen molar-refractivity contribution >= 4 is 5.91 Å². The summed E-state index contributed by atoms with van der Waals surface area (Å²) in [6.07, 6.45) is 3.97. The zero-order valence-electron chi connectivity index (χ0n) is 16.8. The standard InChI is InChI=1S/C23H27N3O2/c1-23(2,17-10-6-5-7-11-17)16-20(27)25-21(22-24-14-15-26(22)3)18-12-8-9-13-19(18)28-4/h5-15,21H,16H2,1-4H3,(H,25,27). The lowest BCUT2D eigenvalue weighted by molar-refractivity contribution is -0.122. The molecule has 2 aromatic carbocycles. The van der Waals surface area contributed by atoms with Crippen molar-refractivity contribution in [3.05, 3.63) is 83.9 Å². The smallest absolute Gasteiger partial charge is 0.221 e. The van der Waals surface area contributed by atoms with E-state index in [4.69, 9.17) is 4.74 Å². The highest BCUT2D eigenvalue weighted by Gasteiger charge is 2.28. The number of imidazole rings is 1. The van der Waals surface area contributed by atoms with E-state index in [1.165, 1.54) is 0 Å². The number of hydrogen-bond acceptors (Lipinski definition) is 3. The average Bonchev–Trinajstić information content (AvgIpc) is 3.12. The molecule has 0 aliphatic carbocycles. The van der Waals surface area contributed by atoms with Crippen LogP contribution in [-0.2, 0) is 17.3 Å². The van der Waals surface area contributed by atoms with E-state index < -0.39 is 6.04 Å². The molecular weight excluding hydrogens is 350 g/mol. The molecule has 0 spiro atoms. The van der Waals surface area contributed by atoms with Gasteiger partial charge in [-0.1, -0.05) is 62.4 Å². The van der Waals surface area contributed by atoms with Crippen molar-refractivity contribution in [2.75, 3.05) is 7.11 Å². The van der Waals surface area contributed by atoms with Crippen molar-refractivity contribution in [1.82, 2.24) is 14.9 Å². The SMILES string of the molecule is COc1ccccc1C(NC(=O)CC(C)(C)c1ccccc1)c1nccn1C. The van der Waals surface area contributed by atoms with Crippen LogP contribution in [0.2, 0.25) is 0 Å². The fourth-order valence-corrected chi connectivity index (χ4v) is 3.45. The van der Waals surface area contributed by atoms with Gasteiger partial charge >= 0.3 is 0 Å². The summed E-state index contributed by atoms with van der Waals surface area (Å²) >= 11 is 0. The number of nitrogens with zero attached hydrogens (tertiary/aromatic N) is 2. The zero-order valence-corrected chi connectivity index (χ0v) is 16.8. The van der Waals surface area contributed by atoms with E-state index in [-0.39, 0.29) is 11.3 Å². The monoisotopic (exact) mass is 377 g/mol. The quantitative estimate of drug-likeness (QED) is 0.677. The fourth-order valence-electron chi connectivity index (χ4n) is 3.45. The summed E-state index contributed by atoms with van der Waals surface area (Å²) in [6, 6.07) is 17.4. The summed E-state index contributed by atoms with van der Waals surface area (Å²) in [4.78, 5) is 17.5. The minimum absolute atomic E-state index is 0.0345. The van der Waals surface area contributed by atoms with Crippen LogP contribution in [0.15, 0.2) is 67.0 Å². The highest BCUT2D eigenvalue weighted by atomic mass is 16.5. The maximum atomic E-state index is 13.0. The minimum atomic E-state index is -0.393. The van der Waals surface area contributed by atoms with Gasteiger partial charge in [0.05, 0.1) is 7.11 Å². The number of amides is 1. The molecule has 5 nitrogen and oxygen atoms in total. The Kier molecular flexibility index (Phi) is 5.83. The van der Waals surface area contributed by atoms with Crippen LogP contribution >= 0.6 is 0 Å². The molecule has 0 radical (unpaired) electrons. The van der Waals surface area contributed by atoms with Crippen molar-refractivity contribution in [3.63, 3.8) is 0 Å². The van der Waals surface area contributed by atoms with Crippen LogP contribution in [0.4, 0.5) is 0 Å². The summed E-state index contributed by atoms with van der Waals surface area (Å²) in [5.74, 6) is 1.45. The van der Waals surface area contributed by atoms with Crippen LogP contribution in [0, 0.1) is 0 Å². The number of rotatable bonds is 7. The van der Waals surface area contributed by atoms with Crippen molar-refractivity contribution in [2.24, 2.45) is 7.05 Å². The van der Waals surface area contributed by atoms with Crippen molar-refractivity contribution in [3.8, 4) is 5.75 Å². The van der Waals surface area contributed by atoms with E-state index in [9.17, 15) is 4.79 Å². The Morgan fingerprint density at radius 1 is 1.14 bits per heavy atom. The second-order valence-corrected chi connectivity index (χ2v) is 7.57. The number of benzene rings is 2. The lowest BCUT2D eigenvalue weighted by atomic mass is 9.81. The molecule has 0 bridgehead atoms. The van der Waals surface area contributed by atoms with E-state index in [2.05, 4.69) is 36.3 Å². The van der Waals surface area contributed by atoms with Gasteiger partial charge in [-0.2, -0.15) is 0 Å². The van der Waals surface area contributed by atoms with Gasteiger partial charge < -0.3 is 14.6 Å². The van der Waals surface area contributed by atoms with Crippen LogP contribution < -0.4 is 10.1 Å². The maximum absolute atomic E-state index is 13.0. The van der Waals surface area contributed by atoms with Crippen LogP contribution in [0.1, 0.15) is 43.3 Å². The van der Waals surface area contributed by atoms with Crippen molar-refractivity contribution < 1.29 is 9.53 Å². The largest absolute Gasteiger partial charge is 0.496 e. The first-order valence-corrected chi connectivity index (χ1v) is 9.37. The lowest BCUT2D eigenvalue weighted by Gasteiger charge is -2.27. The molecule has 1 heterocycles. The Bertz CT molecular complexity index is 932. The van der Waals surface area contributed by atoms with E-state index in [1.54, 1.807) is 13.3 Å².